The van der Waals surface area contributed by atoms with Gasteiger partial charge in [0.2, 0.25) is 0 Å². The first-order valence-electron chi connectivity index (χ1n) is 7.31. The summed E-state index contributed by atoms with van der Waals surface area (Å²) in [6, 6.07) is 16.4. The van der Waals surface area contributed by atoms with Crippen LogP contribution in [0.4, 0.5) is 5.69 Å². The van der Waals surface area contributed by atoms with Crippen molar-refractivity contribution in [2.45, 2.75) is 13.8 Å². The molecule has 0 aliphatic heterocycles. The molecule has 0 saturated heterocycles. The van der Waals surface area contributed by atoms with Crippen molar-refractivity contribution in [1.82, 2.24) is 0 Å². The lowest BCUT2D eigenvalue weighted by molar-refractivity contribution is 1.21. The van der Waals surface area contributed by atoms with E-state index in [0.29, 0.717) is 0 Å². The molecule has 1 heteroatoms. The van der Waals surface area contributed by atoms with Crippen LogP contribution >= 0.6 is 0 Å². The first kappa shape index (κ1) is 17.3. The number of rotatable bonds is 3. The summed E-state index contributed by atoms with van der Waals surface area (Å²) in [5.74, 6) is 6.36. The minimum Gasteiger partial charge on any atom is -0.385 e. The first-order chi connectivity index (χ1) is 10.7. The lowest BCUT2D eigenvalue weighted by atomic mass is 10.1. The molecule has 1 nitrogen and oxygen atoms in total. The predicted octanol–water partition coefficient (Wildman–Crippen LogP) is 5.35. The zero-order chi connectivity index (χ0) is 16.4. The van der Waals surface area contributed by atoms with E-state index in [1.807, 2.05) is 31.2 Å². The number of anilines is 1. The molecule has 0 radical (unpaired) electrons. The fourth-order valence-electron chi connectivity index (χ4n) is 1.86. The summed E-state index contributed by atoms with van der Waals surface area (Å²) in [6.45, 7) is 15.0. The number of hydrogen-bond acceptors (Lipinski definition) is 1. The van der Waals surface area contributed by atoms with Crippen molar-refractivity contribution < 1.29 is 0 Å². The van der Waals surface area contributed by atoms with Crippen molar-refractivity contribution in [3.63, 3.8) is 0 Å². The van der Waals surface area contributed by atoms with Gasteiger partial charge in [-0.05, 0) is 55.8 Å². The zero-order valence-corrected chi connectivity index (χ0v) is 13.4. The average molecular weight is 289 g/mol. The molecule has 0 aliphatic rings. The van der Waals surface area contributed by atoms with Crippen LogP contribution in [0.3, 0.4) is 0 Å². The molecule has 0 amide bonds. The Bertz CT molecular complexity index is 652. The Morgan fingerprint density at radius 2 is 1.36 bits per heavy atom. The molecule has 0 fully saturated rings. The third-order valence-electron chi connectivity index (χ3n) is 2.99. The van der Waals surface area contributed by atoms with Crippen LogP contribution in [0.15, 0.2) is 68.3 Å². The van der Waals surface area contributed by atoms with Gasteiger partial charge in [-0.2, -0.15) is 0 Å². The second kappa shape index (κ2) is 9.26. The molecular weight excluding hydrogens is 266 g/mol. The van der Waals surface area contributed by atoms with Gasteiger partial charge in [-0.3, -0.25) is 0 Å². The van der Waals surface area contributed by atoms with Crippen LogP contribution in [-0.2, 0) is 0 Å². The Hall–Kier alpha value is -2.72. The van der Waals surface area contributed by atoms with E-state index in [-0.39, 0.29) is 0 Å². The molecule has 0 spiro atoms. The monoisotopic (exact) mass is 289 g/mol. The maximum atomic E-state index is 3.93. The summed E-state index contributed by atoms with van der Waals surface area (Å²) in [5, 5.41) is 3.27. The van der Waals surface area contributed by atoms with Crippen LogP contribution in [0.1, 0.15) is 30.5 Å². The van der Waals surface area contributed by atoms with Gasteiger partial charge in [0.15, 0.2) is 0 Å². The second-order valence-corrected chi connectivity index (χ2v) is 4.72. The van der Waals surface area contributed by atoms with Gasteiger partial charge in [0.1, 0.15) is 0 Å². The van der Waals surface area contributed by atoms with Gasteiger partial charge in [-0.25, -0.2) is 0 Å². The van der Waals surface area contributed by atoms with Crippen molar-refractivity contribution >= 4 is 11.3 Å². The van der Waals surface area contributed by atoms with Crippen molar-refractivity contribution in [2.75, 3.05) is 11.9 Å². The Morgan fingerprint density at radius 3 is 1.77 bits per heavy atom. The van der Waals surface area contributed by atoms with Gasteiger partial charge in [0, 0.05) is 23.4 Å². The summed E-state index contributed by atoms with van der Waals surface area (Å²) >= 11 is 0. The summed E-state index contributed by atoms with van der Waals surface area (Å²) < 4.78 is 0. The van der Waals surface area contributed by atoms with E-state index in [1.165, 1.54) is 0 Å². The normalized spacial score (nSPS) is 8.82. The standard InChI is InChI=1S/C19H19N.C2H4/c1-4-20-19-13-9-17(10-14-19)6-5-16-7-11-18(12-8-16)15(2)3;1-2/h7-14,20H,2,4H2,1,3H3;1-2H2. The minimum absolute atomic E-state index is 0.931. The Labute approximate surface area is 134 Å². The summed E-state index contributed by atoms with van der Waals surface area (Å²) in [6.07, 6.45) is 0. The highest BCUT2D eigenvalue weighted by molar-refractivity contribution is 5.62. The molecule has 2 aromatic carbocycles. The quantitative estimate of drug-likeness (QED) is 0.593. The molecule has 0 atom stereocenters. The van der Waals surface area contributed by atoms with Crippen LogP contribution in [0, 0.1) is 11.8 Å². The van der Waals surface area contributed by atoms with Crippen molar-refractivity contribution in [1.29, 1.82) is 0 Å². The molecule has 0 heterocycles. The summed E-state index contributed by atoms with van der Waals surface area (Å²) in [4.78, 5) is 0. The fourth-order valence-corrected chi connectivity index (χ4v) is 1.86. The van der Waals surface area contributed by atoms with E-state index < -0.39 is 0 Å². The largest absolute Gasteiger partial charge is 0.385 e. The fraction of sp³-hybridized carbons (Fsp3) is 0.143. The molecule has 2 rings (SSSR count). The Kier molecular flexibility index (Phi) is 7.29. The predicted molar refractivity (Wildman–Crippen MR) is 99.0 cm³/mol. The van der Waals surface area contributed by atoms with Crippen molar-refractivity contribution in [3.05, 3.63) is 85.0 Å². The average Bonchev–Trinajstić information content (AvgIpc) is 2.57. The van der Waals surface area contributed by atoms with E-state index in [2.05, 4.69) is 68.1 Å². The molecule has 2 aromatic rings. The van der Waals surface area contributed by atoms with Gasteiger partial charge < -0.3 is 5.32 Å². The molecule has 0 unspecified atom stereocenters. The van der Waals surface area contributed by atoms with E-state index in [4.69, 9.17) is 0 Å². The molecule has 0 aliphatic carbocycles. The highest BCUT2D eigenvalue weighted by atomic mass is 14.8. The van der Waals surface area contributed by atoms with Gasteiger partial charge in [0.25, 0.3) is 0 Å². The van der Waals surface area contributed by atoms with Gasteiger partial charge in [-0.1, -0.05) is 36.1 Å². The van der Waals surface area contributed by atoms with Crippen LogP contribution in [0.2, 0.25) is 0 Å². The van der Waals surface area contributed by atoms with E-state index in [0.717, 1.165) is 34.5 Å². The smallest absolute Gasteiger partial charge is 0.0340 e. The lowest BCUT2D eigenvalue weighted by Crippen LogP contribution is -1.95. The maximum Gasteiger partial charge on any atom is 0.0340 e. The van der Waals surface area contributed by atoms with Gasteiger partial charge in [-0.15, -0.1) is 13.2 Å². The topological polar surface area (TPSA) is 12.0 Å². The minimum atomic E-state index is 0.931. The van der Waals surface area contributed by atoms with Crippen LogP contribution in [-0.4, -0.2) is 6.54 Å². The van der Waals surface area contributed by atoms with Crippen LogP contribution in [0.25, 0.3) is 5.57 Å². The number of hydrogen-bond donors (Lipinski definition) is 1. The summed E-state index contributed by atoms with van der Waals surface area (Å²) in [7, 11) is 0. The SMILES string of the molecule is C=C.C=C(C)c1ccc(C#Cc2ccc(NCC)cc2)cc1. The highest BCUT2D eigenvalue weighted by Gasteiger charge is 1.93. The lowest BCUT2D eigenvalue weighted by Gasteiger charge is -2.01. The Balaban J connectivity index is 0.00000116. The Morgan fingerprint density at radius 1 is 0.909 bits per heavy atom. The molecule has 22 heavy (non-hydrogen) atoms. The maximum absolute atomic E-state index is 3.93. The third-order valence-corrected chi connectivity index (χ3v) is 2.99. The molecular formula is C21H23N. The first-order valence-corrected chi connectivity index (χ1v) is 7.31. The van der Waals surface area contributed by atoms with E-state index in [1.54, 1.807) is 0 Å². The number of nitrogens with one attached hydrogen (secondary N) is 1. The molecule has 112 valence electrons. The zero-order valence-electron chi connectivity index (χ0n) is 13.4. The van der Waals surface area contributed by atoms with E-state index >= 15 is 0 Å². The van der Waals surface area contributed by atoms with Gasteiger partial charge >= 0.3 is 0 Å². The highest BCUT2D eigenvalue weighted by Crippen LogP contribution is 2.12. The second-order valence-electron chi connectivity index (χ2n) is 4.72. The molecule has 0 saturated carbocycles. The van der Waals surface area contributed by atoms with Crippen molar-refractivity contribution in [3.8, 4) is 11.8 Å². The summed E-state index contributed by atoms with van der Waals surface area (Å²) in [5.41, 5.74) is 5.40. The molecule has 0 aromatic heterocycles. The molecule has 0 bridgehead atoms. The third kappa shape index (κ3) is 5.34. The number of allylic oxidation sites excluding steroid dienone is 1. The van der Waals surface area contributed by atoms with Gasteiger partial charge in [0.05, 0.1) is 0 Å². The van der Waals surface area contributed by atoms with Crippen LogP contribution in [0.5, 0.6) is 0 Å². The molecule has 1 N–H and O–H groups in total. The van der Waals surface area contributed by atoms with Crippen molar-refractivity contribution in [2.24, 2.45) is 0 Å². The van der Waals surface area contributed by atoms with E-state index in [9.17, 15) is 0 Å². The van der Waals surface area contributed by atoms with Crippen LogP contribution < -0.4 is 5.32 Å². The number of benzene rings is 2.